The molecule has 1 aromatic heterocycles. The number of aromatic nitrogens is 1. The quantitative estimate of drug-likeness (QED) is 0.517. The largest absolute Gasteiger partial charge is 0.504 e. The van der Waals surface area contributed by atoms with E-state index in [4.69, 9.17) is 9.47 Å². The second kappa shape index (κ2) is 7.67. The first-order valence-corrected chi connectivity index (χ1v) is 8.33. The maximum atomic E-state index is 9.75. The first-order valence-electron chi connectivity index (χ1n) is 7.45. The van der Waals surface area contributed by atoms with Crippen LogP contribution in [0.15, 0.2) is 52.9 Å². The van der Waals surface area contributed by atoms with Gasteiger partial charge < -0.3 is 14.6 Å². The van der Waals surface area contributed by atoms with Gasteiger partial charge in [0.15, 0.2) is 11.5 Å². The van der Waals surface area contributed by atoms with Crippen LogP contribution in [0.5, 0.6) is 17.2 Å². The van der Waals surface area contributed by atoms with Gasteiger partial charge in [0.25, 0.3) is 0 Å². The lowest BCUT2D eigenvalue weighted by atomic mass is 10.2. The molecule has 0 amide bonds. The average molecular weight is 355 g/mol. The number of phenols is 1. The Morgan fingerprint density at radius 2 is 2.04 bits per heavy atom. The van der Waals surface area contributed by atoms with Crippen molar-refractivity contribution >= 4 is 22.7 Å². The van der Waals surface area contributed by atoms with Gasteiger partial charge in [-0.15, -0.1) is 11.3 Å². The van der Waals surface area contributed by atoms with Gasteiger partial charge in [-0.25, -0.2) is 4.98 Å². The van der Waals surface area contributed by atoms with Crippen molar-refractivity contribution in [2.24, 2.45) is 5.10 Å². The molecule has 2 aromatic carbocycles. The molecule has 3 rings (SSSR count). The summed E-state index contributed by atoms with van der Waals surface area (Å²) in [6, 6.07) is 12.8. The smallest absolute Gasteiger partial charge is 0.203 e. The van der Waals surface area contributed by atoms with E-state index in [0.717, 1.165) is 22.6 Å². The van der Waals surface area contributed by atoms with Crippen molar-refractivity contribution in [3.05, 3.63) is 53.4 Å². The van der Waals surface area contributed by atoms with Gasteiger partial charge in [0.2, 0.25) is 5.13 Å². The third-order valence-electron chi connectivity index (χ3n) is 3.45. The standard InChI is InChI=1S/C18H17N3O3S/c1-23-14-5-3-4-13(9-14)15-11-25-18(20-15)21-19-10-12-6-7-17(24-2)16(22)8-12/h3-11,22H,1-2H3,(H,20,21)/b19-10-. The molecule has 0 aliphatic carbocycles. The Balaban J connectivity index is 1.68. The zero-order chi connectivity index (χ0) is 17.6. The van der Waals surface area contributed by atoms with Gasteiger partial charge in [0, 0.05) is 10.9 Å². The Hall–Kier alpha value is -3.06. The normalized spacial score (nSPS) is 10.8. The number of rotatable bonds is 6. The van der Waals surface area contributed by atoms with E-state index in [1.165, 1.54) is 18.4 Å². The number of nitrogens with one attached hydrogen (secondary N) is 1. The number of hydrazone groups is 1. The number of hydrogen-bond donors (Lipinski definition) is 2. The molecule has 0 aliphatic heterocycles. The molecule has 7 heteroatoms. The first-order chi connectivity index (χ1) is 12.2. The summed E-state index contributed by atoms with van der Waals surface area (Å²) in [5, 5.41) is 16.5. The van der Waals surface area contributed by atoms with Crippen LogP contribution in [-0.4, -0.2) is 30.5 Å². The highest BCUT2D eigenvalue weighted by molar-refractivity contribution is 7.14. The Morgan fingerprint density at radius 1 is 1.16 bits per heavy atom. The molecule has 3 aromatic rings. The molecular weight excluding hydrogens is 338 g/mol. The summed E-state index contributed by atoms with van der Waals surface area (Å²) in [5.41, 5.74) is 5.47. The Morgan fingerprint density at radius 3 is 2.80 bits per heavy atom. The third-order valence-corrected chi connectivity index (χ3v) is 4.19. The van der Waals surface area contributed by atoms with Gasteiger partial charge in [-0.05, 0) is 35.9 Å². The molecule has 0 saturated heterocycles. The predicted octanol–water partition coefficient (Wildman–Crippen LogP) is 3.98. The topological polar surface area (TPSA) is 76.0 Å². The number of ether oxygens (including phenoxy) is 2. The van der Waals surface area contributed by atoms with Crippen molar-refractivity contribution in [3.8, 4) is 28.5 Å². The number of methoxy groups -OCH3 is 2. The zero-order valence-electron chi connectivity index (χ0n) is 13.8. The van der Waals surface area contributed by atoms with Gasteiger partial charge in [-0.2, -0.15) is 5.10 Å². The lowest BCUT2D eigenvalue weighted by molar-refractivity contribution is 0.373. The Bertz CT molecular complexity index is 893. The number of aromatic hydroxyl groups is 1. The SMILES string of the molecule is COc1cccc(-c2csc(N/N=C\c3ccc(OC)c(O)c3)n2)c1. The van der Waals surface area contributed by atoms with Gasteiger partial charge in [-0.1, -0.05) is 12.1 Å². The van der Waals surface area contributed by atoms with E-state index in [-0.39, 0.29) is 5.75 Å². The zero-order valence-corrected chi connectivity index (χ0v) is 14.6. The summed E-state index contributed by atoms with van der Waals surface area (Å²) in [6.07, 6.45) is 1.60. The van der Waals surface area contributed by atoms with Gasteiger partial charge in [0.1, 0.15) is 5.75 Å². The average Bonchev–Trinajstić information content (AvgIpc) is 3.11. The van der Waals surface area contributed by atoms with Gasteiger partial charge >= 0.3 is 0 Å². The van der Waals surface area contributed by atoms with Crippen molar-refractivity contribution < 1.29 is 14.6 Å². The molecule has 25 heavy (non-hydrogen) atoms. The number of hydrogen-bond acceptors (Lipinski definition) is 7. The fraction of sp³-hybridized carbons (Fsp3) is 0.111. The second-order valence-corrected chi connectivity index (χ2v) is 5.93. The molecule has 0 spiro atoms. The Kier molecular flexibility index (Phi) is 5.15. The van der Waals surface area contributed by atoms with E-state index in [1.807, 2.05) is 29.6 Å². The number of phenolic OH excluding ortho intramolecular Hbond substituents is 1. The van der Waals surface area contributed by atoms with Crippen LogP contribution in [0.1, 0.15) is 5.56 Å². The van der Waals surface area contributed by atoms with Crippen molar-refractivity contribution in [2.75, 3.05) is 19.6 Å². The van der Waals surface area contributed by atoms with E-state index in [9.17, 15) is 5.11 Å². The molecule has 0 bridgehead atoms. The molecule has 0 aliphatic rings. The molecule has 6 nitrogen and oxygen atoms in total. The number of nitrogens with zero attached hydrogens (tertiary/aromatic N) is 2. The van der Waals surface area contributed by atoms with Crippen molar-refractivity contribution in [3.63, 3.8) is 0 Å². The molecule has 0 radical (unpaired) electrons. The van der Waals surface area contributed by atoms with Crippen LogP contribution in [0.3, 0.4) is 0 Å². The fourth-order valence-electron chi connectivity index (χ4n) is 2.19. The summed E-state index contributed by atoms with van der Waals surface area (Å²) in [7, 11) is 3.14. The highest BCUT2D eigenvalue weighted by atomic mass is 32.1. The maximum Gasteiger partial charge on any atom is 0.203 e. The third kappa shape index (κ3) is 4.07. The van der Waals surface area contributed by atoms with Crippen LogP contribution >= 0.6 is 11.3 Å². The molecule has 128 valence electrons. The minimum Gasteiger partial charge on any atom is -0.504 e. The van der Waals surface area contributed by atoms with E-state index in [0.29, 0.717) is 10.9 Å². The summed E-state index contributed by atoms with van der Waals surface area (Å²) in [5.74, 6) is 1.28. The van der Waals surface area contributed by atoms with E-state index in [2.05, 4.69) is 15.5 Å². The molecular formula is C18H17N3O3S. The summed E-state index contributed by atoms with van der Waals surface area (Å²) in [6.45, 7) is 0. The van der Waals surface area contributed by atoms with Crippen LogP contribution in [-0.2, 0) is 0 Å². The molecule has 2 N–H and O–H groups in total. The van der Waals surface area contributed by atoms with E-state index < -0.39 is 0 Å². The van der Waals surface area contributed by atoms with Crippen molar-refractivity contribution in [1.82, 2.24) is 4.98 Å². The number of thiazole rings is 1. The van der Waals surface area contributed by atoms with Gasteiger partial charge in [-0.3, -0.25) is 5.43 Å². The summed E-state index contributed by atoms with van der Waals surface area (Å²) in [4.78, 5) is 4.50. The first kappa shape index (κ1) is 16.8. The van der Waals surface area contributed by atoms with Crippen molar-refractivity contribution in [1.29, 1.82) is 0 Å². The summed E-state index contributed by atoms with van der Waals surface area (Å²) < 4.78 is 10.2. The van der Waals surface area contributed by atoms with Crippen LogP contribution in [0, 0.1) is 0 Å². The van der Waals surface area contributed by atoms with Crippen molar-refractivity contribution in [2.45, 2.75) is 0 Å². The summed E-state index contributed by atoms with van der Waals surface area (Å²) >= 11 is 1.46. The number of anilines is 1. The van der Waals surface area contributed by atoms with Crippen LogP contribution < -0.4 is 14.9 Å². The predicted molar refractivity (Wildman–Crippen MR) is 100.0 cm³/mol. The monoisotopic (exact) mass is 355 g/mol. The molecule has 0 fully saturated rings. The minimum atomic E-state index is 0.0704. The lowest BCUT2D eigenvalue weighted by Gasteiger charge is -2.03. The lowest BCUT2D eigenvalue weighted by Crippen LogP contribution is -1.91. The fourth-order valence-corrected chi connectivity index (χ4v) is 2.86. The molecule has 1 heterocycles. The molecule has 0 saturated carbocycles. The van der Waals surface area contributed by atoms with Crippen LogP contribution in [0.25, 0.3) is 11.3 Å². The highest BCUT2D eigenvalue weighted by Gasteiger charge is 2.05. The molecule has 0 unspecified atom stereocenters. The van der Waals surface area contributed by atoms with E-state index in [1.54, 1.807) is 31.5 Å². The van der Waals surface area contributed by atoms with Gasteiger partial charge in [0.05, 0.1) is 26.1 Å². The number of benzene rings is 2. The van der Waals surface area contributed by atoms with E-state index >= 15 is 0 Å². The maximum absolute atomic E-state index is 9.75. The minimum absolute atomic E-state index is 0.0704. The van der Waals surface area contributed by atoms with Crippen LogP contribution in [0.4, 0.5) is 5.13 Å². The molecule has 0 atom stereocenters. The van der Waals surface area contributed by atoms with Crippen LogP contribution in [0.2, 0.25) is 0 Å². The second-order valence-electron chi connectivity index (χ2n) is 5.07. The highest BCUT2D eigenvalue weighted by Crippen LogP contribution is 2.28. The Labute approximate surface area is 149 Å².